The number of urea groups is 1. The molecule has 0 aromatic heterocycles. The highest BCUT2D eigenvalue weighted by Gasteiger charge is 2.22. The van der Waals surface area contributed by atoms with Crippen LogP contribution in [0.4, 0.5) is 4.79 Å². The Bertz CT molecular complexity index is 574. The Morgan fingerprint density at radius 2 is 2.00 bits per heavy atom. The van der Waals surface area contributed by atoms with Crippen LogP contribution in [0.15, 0.2) is 18.2 Å². The zero-order chi connectivity index (χ0) is 18.9. The van der Waals surface area contributed by atoms with Crippen LogP contribution < -0.4 is 10.1 Å². The minimum Gasteiger partial charge on any atom is -0.496 e. The summed E-state index contributed by atoms with van der Waals surface area (Å²) in [7, 11) is 1.66. The van der Waals surface area contributed by atoms with Gasteiger partial charge in [-0.15, -0.1) is 0 Å². The Balaban J connectivity index is 1.77. The van der Waals surface area contributed by atoms with Crippen LogP contribution in [-0.4, -0.2) is 80.6 Å². The predicted molar refractivity (Wildman–Crippen MR) is 101 cm³/mol. The van der Waals surface area contributed by atoms with Gasteiger partial charge in [0.25, 0.3) is 0 Å². The largest absolute Gasteiger partial charge is 0.496 e. The molecule has 1 heterocycles. The van der Waals surface area contributed by atoms with E-state index < -0.39 is 0 Å². The van der Waals surface area contributed by atoms with Gasteiger partial charge in [-0.3, -0.25) is 4.90 Å². The molecular formula is C19H31N3O4. The number of aliphatic hydroxyl groups excluding tert-OH is 1. The number of hydrogen-bond donors (Lipinski definition) is 2. The topological polar surface area (TPSA) is 74.3 Å². The maximum Gasteiger partial charge on any atom is 0.317 e. The molecule has 0 radical (unpaired) electrons. The van der Waals surface area contributed by atoms with E-state index in [2.05, 4.69) is 10.2 Å². The number of carbonyl (C=O) groups is 1. The molecule has 7 nitrogen and oxygen atoms in total. The van der Waals surface area contributed by atoms with Gasteiger partial charge in [0.1, 0.15) is 5.75 Å². The van der Waals surface area contributed by atoms with Crippen LogP contribution in [0.5, 0.6) is 5.75 Å². The van der Waals surface area contributed by atoms with Crippen LogP contribution in [-0.2, 0) is 4.74 Å². The molecule has 0 aliphatic carbocycles. The quantitative estimate of drug-likeness (QED) is 0.681. The van der Waals surface area contributed by atoms with Crippen LogP contribution in [0, 0.1) is 6.92 Å². The van der Waals surface area contributed by atoms with E-state index in [1.165, 1.54) is 0 Å². The van der Waals surface area contributed by atoms with Crippen molar-refractivity contribution in [2.75, 3.05) is 59.7 Å². The highest BCUT2D eigenvalue weighted by Crippen LogP contribution is 2.22. The fourth-order valence-corrected chi connectivity index (χ4v) is 3.07. The number of aliphatic hydroxyl groups is 1. The summed E-state index contributed by atoms with van der Waals surface area (Å²) in [5.41, 5.74) is 2.12. The average Bonchev–Trinajstić information content (AvgIpc) is 2.65. The number of amides is 2. The number of ether oxygens (including phenoxy) is 2. The molecule has 1 saturated heterocycles. The molecule has 1 fully saturated rings. The minimum atomic E-state index is -0.0583. The molecule has 0 bridgehead atoms. The van der Waals surface area contributed by atoms with Gasteiger partial charge in [0.2, 0.25) is 0 Å². The van der Waals surface area contributed by atoms with E-state index in [0.29, 0.717) is 26.3 Å². The zero-order valence-electron chi connectivity index (χ0n) is 16.0. The molecule has 1 aromatic carbocycles. The normalized spacial score (nSPS) is 16.4. The third kappa shape index (κ3) is 5.86. The van der Waals surface area contributed by atoms with Crippen molar-refractivity contribution in [3.05, 3.63) is 29.3 Å². The Morgan fingerprint density at radius 3 is 2.62 bits per heavy atom. The van der Waals surface area contributed by atoms with Crippen LogP contribution in [0.3, 0.4) is 0 Å². The first-order valence-electron chi connectivity index (χ1n) is 9.16. The molecule has 0 saturated carbocycles. The molecule has 1 atom stereocenters. The van der Waals surface area contributed by atoms with Gasteiger partial charge in [-0.05, 0) is 31.0 Å². The summed E-state index contributed by atoms with van der Waals surface area (Å²) in [6, 6.07) is 5.89. The van der Waals surface area contributed by atoms with Crippen molar-refractivity contribution in [3.63, 3.8) is 0 Å². The zero-order valence-corrected chi connectivity index (χ0v) is 16.0. The molecule has 2 rings (SSSR count). The number of aryl methyl sites for hydroxylation is 1. The Morgan fingerprint density at radius 1 is 1.27 bits per heavy atom. The summed E-state index contributed by atoms with van der Waals surface area (Å²) in [4.78, 5) is 16.6. The van der Waals surface area contributed by atoms with Crippen molar-refractivity contribution < 1.29 is 19.4 Å². The number of nitrogens with one attached hydrogen (secondary N) is 1. The molecule has 146 valence electrons. The molecule has 0 spiro atoms. The lowest BCUT2D eigenvalue weighted by molar-refractivity contribution is 0.0617. The van der Waals surface area contributed by atoms with Gasteiger partial charge in [0, 0.05) is 32.7 Å². The smallest absolute Gasteiger partial charge is 0.317 e. The highest BCUT2D eigenvalue weighted by molar-refractivity contribution is 5.74. The van der Waals surface area contributed by atoms with Gasteiger partial charge in [-0.1, -0.05) is 12.1 Å². The number of carbonyl (C=O) groups excluding carboxylic acids is 1. The Kier molecular flexibility index (Phi) is 8.15. The second-order valence-electron chi connectivity index (χ2n) is 6.56. The number of methoxy groups -OCH3 is 1. The van der Waals surface area contributed by atoms with Gasteiger partial charge in [0.15, 0.2) is 0 Å². The van der Waals surface area contributed by atoms with Crippen molar-refractivity contribution >= 4 is 6.03 Å². The van der Waals surface area contributed by atoms with Crippen LogP contribution in [0.2, 0.25) is 0 Å². The molecule has 1 aromatic rings. The second kappa shape index (κ2) is 10.4. The Hall–Kier alpha value is -1.83. The Labute approximate surface area is 155 Å². The van der Waals surface area contributed by atoms with Crippen molar-refractivity contribution in [2.24, 2.45) is 0 Å². The molecule has 2 amide bonds. The molecular weight excluding hydrogens is 334 g/mol. The first kappa shape index (κ1) is 20.5. The summed E-state index contributed by atoms with van der Waals surface area (Å²) >= 11 is 0. The molecule has 1 aliphatic heterocycles. The first-order chi connectivity index (χ1) is 12.5. The van der Waals surface area contributed by atoms with Crippen molar-refractivity contribution in [2.45, 2.75) is 19.9 Å². The van der Waals surface area contributed by atoms with Gasteiger partial charge < -0.3 is 24.8 Å². The van der Waals surface area contributed by atoms with Crippen LogP contribution in [0.25, 0.3) is 0 Å². The number of benzene rings is 1. The van der Waals surface area contributed by atoms with Gasteiger partial charge >= 0.3 is 6.03 Å². The van der Waals surface area contributed by atoms with E-state index in [0.717, 1.165) is 36.5 Å². The third-order valence-electron chi connectivity index (χ3n) is 4.71. The summed E-state index contributed by atoms with van der Waals surface area (Å²) in [5.74, 6) is 0.853. The summed E-state index contributed by atoms with van der Waals surface area (Å²) in [6.45, 7) is 8.97. The molecule has 26 heavy (non-hydrogen) atoms. The van der Waals surface area contributed by atoms with E-state index in [1.807, 2.05) is 36.9 Å². The number of piperazine rings is 1. The van der Waals surface area contributed by atoms with Gasteiger partial charge in [-0.2, -0.15) is 0 Å². The molecule has 1 aliphatic rings. The predicted octanol–water partition coefficient (Wildman–Crippen LogP) is 1.40. The molecule has 1 unspecified atom stereocenters. The molecule has 2 N–H and O–H groups in total. The standard InChI is InChI=1S/C19H31N3O4/c1-15-14-17(4-5-18(15)25-3)16(2)20-19(24)22-8-6-21(7-9-22)10-12-26-13-11-23/h4-5,14,16,23H,6-13H2,1-3H3,(H,20,24). The van der Waals surface area contributed by atoms with Crippen molar-refractivity contribution in [3.8, 4) is 5.75 Å². The number of hydrogen-bond acceptors (Lipinski definition) is 5. The second-order valence-corrected chi connectivity index (χ2v) is 6.56. The van der Waals surface area contributed by atoms with E-state index in [1.54, 1.807) is 7.11 Å². The van der Waals surface area contributed by atoms with Gasteiger partial charge in [0.05, 0.1) is 33.0 Å². The van der Waals surface area contributed by atoms with Crippen molar-refractivity contribution in [1.29, 1.82) is 0 Å². The fourth-order valence-electron chi connectivity index (χ4n) is 3.07. The van der Waals surface area contributed by atoms with Crippen LogP contribution >= 0.6 is 0 Å². The van der Waals surface area contributed by atoms with E-state index in [9.17, 15) is 4.79 Å². The lowest BCUT2D eigenvalue weighted by atomic mass is 10.1. The average molecular weight is 365 g/mol. The van der Waals surface area contributed by atoms with Gasteiger partial charge in [-0.25, -0.2) is 4.79 Å². The highest BCUT2D eigenvalue weighted by atomic mass is 16.5. The van der Waals surface area contributed by atoms with E-state index in [-0.39, 0.29) is 18.7 Å². The lowest BCUT2D eigenvalue weighted by Crippen LogP contribution is -2.52. The summed E-state index contributed by atoms with van der Waals surface area (Å²) < 4.78 is 10.6. The lowest BCUT2D eigenvalue weighted by Gasteiger charge is -2.35. The minimum absolute atomic E-state index is 0.0258. The number of rotatable bonds is 8. The van der Waals surface area contributed by atoms with E-state index in [4.69, 9.17) is 14.6 Å². The number of nitrogens with zero attached hydrogens (tertiary/aromatic N) is 2. The first-order valence-corrected chi connectivity index (χ1v) is 9.16. The monoisotopic (exact) mass is 365 g/mol. The third-order valence-corrected chi connectivity index (χ3v) is 4.71. The molecule has 7 heteroatoms. The summed E-state index contributed by atoms with van der Waals surface area (Å²) in [6.07, 6.45) is 0. The van der Waals surface area contributed by atoms with Crippen molar-refractivity contribution in [1.82, 2.24) is 15.1 Å². The van der Waals surface area contributed by atoms with E-state index >= 15 is 0 Å². The van der Waals surface area contributed by atoms with Crippen LogP contribution in [0.1, 0.15) is 24.1 Å². The maximum absolute atomic E-state index is 12.5. The maximum atomic E-state index is 12.5. The summed E-state index contributed by atoms with van der Waals surface area (Å²) in [5, 5.41) is 11.8. The fraction of sp³-hybridized carbons (Fsp3) is 0.632. The SMILES string of the molecule is COc1ccc(C(C)NC(=O)N2CCN(CCOCCO)CC2)cc1C.